The fourth-order valence-electron chi connectivity index (χ4n) is 4.39. The standard InChI is InChI=1S/C26H31ClN6/c1-3-6-23(28-2)26(24-7-4-5-11-29-24)33-17-15-32(16-18-33)14-13-31-22-10-12-30-25-19-20(27)8-9-21(22)25/h3-12,19,26H,13-18H2,1-2H3,(H,30,31)/b6-3-,28-23?. The van der Waals surface area contributed by atoms with Crippen molar-refractivity contribution in [1.82, 2.24) is 19.8 Å². The Morgan fingerprint density at radius 3 is 2.70 bits per heavy atom. The zero-order valence-electron chi connectivity index (χ0n) is 19.3. The van der Waals surface area contributed by atoms with Crippen molar-refractivity contribution >= 4 is 33.9 Å². The molecule has 3 aromatic rings. The number of halogens is 1. The van der Waals surface area contributed by atoms with Crippen molar-refractivity contribution < 1.29 is 0 Å². The fourth-order valence-corrected chi connectivity index (χ4v) is 4.56. The highest BCUT2D eigenvalue weighted by atomic mass is 35.5. The summed E-state index contributed by atoms with van der Waals surface area (Å²) in [6, 6.07) is 14.1. The van der Waals surface area contributed by atoms with Crippen LogP contribution in [-0.2, 0) is 0 Å². The highest BCUT2D eigenvalue weighted by Gasteiger charge is 2.28. The smallest absolute Gasteiger partial charge is 0.0946 e. The Balaban J connectivity index is 1.35. The Hall–Kier alpha value is -2.80. The number of rotatable bonds is 8. The molecule has 1 aliphatic heterocycles. The number of nitrogens with one attached hydrogen (secondary N) is 1. The van der Waals surface area contributed by atoms with E-state index in [0.29, 0.717) is 5.02 Å². The largest absolute Gasteiger partial charge is 0.383 e. The zero-order valence-corrected chi connectivity index (χ0v) is 20.0. The first-order valence-corrected chi connectivity index (χ1v) is 11.8. The average Bonchev–Trinajstić information content (AvgIpc) is 2.85. The maximum Gasteiger partial charge on any atom is 0.0946 e. The van der Waals surface area contributed by atoms with Gasteiger partial charge >= 0.3 is 0 Å². The van der Waals surface area contributed by atoms with Gasteiger partial charge < -0.3 is 5.32 Å². The third-order valence-electron chi connectivity index (χ3n) is 6.06. The SMILES string of the molecule is C/C=C\C(=NC)C(c1ccccn1)N1CCN(CCNc2ccnc3cc(Cl)ccc23)CC1. The molecule has 0 saturated carbocycles. The number of hydrogen-bond donors (Lipinski definition) is 1. The van der Waals surface area contributed by atoms with Crippen LogP contribution in [0.1, 0.15) is 18.7 Å². The van der Waals surface area contributed by atoms with Gasteiger partial charge in [-0.25, -0.2) is 0 Å². The van der Waals surface area contributed by atoms with E-state index in [2.05, 4.69) is 54.4 Å². The zero-order chi connectivity index (χ0) is 23.0. The quantitative estimate of drug-likeness (QED) is 0.492. The third-order valence-corrected chi connectivity index (χ3v) is 6.30. The topological polar surface area (TPSA) is 56.7 Å². The number of anilines is 1. The summed E-state index contributed by atoms with van der Waals surface area (Å²) in [5, 5.41) is 5.39. The van der Waals surface area contributed by atoms with E-state index in [1.807, 2.05) is 56.7 Å². The molecule has 33 heavy (non-hydrogen) atoms. The van der Waals surface area contributed by atoms with Crippen LogP contribution in [0.4, 0.5) is 5.69 Å². The molecule has 0 radical (unpaired) electrons. The van der Waals surface area contributed by atoms with Crippen molar-refractivity contribution in [2.75, 3.05) is 51.6 Å². The van der Waals surface area contributed by atoms with Gasteiger partial charge in [0.1, 0.15) is 0 Å². The lowest BCUT2D eigenvalue weighted by molar-refractivity contribution is 0.120. The normalized spacial score (nSPS) is 17.0. The van der Waals surface area contributed by atoms with Crippen LogP contribution in [0, 0.1) is 0 Å². The van der Waals surface area contributed by atoms with Gasteiger partial charge in [-0.05, 0) is 49.4 Å². The highest BCUT2D eigenvalue weighted by molar-refractivity contribution is 6.31. The molecule has 0 spiro atoms. The highest BCUT2D eigenvalue weighted by Crippen LogP contribution is 2.25. The fraction of sp³-hybridized carbons (Fsp3) is 0.346. The van der Waals surface area contributed by atoms with E-state index < -0.39 is 0 Å². The number of hydrogen-bond acceptors (Lipinski definition) is 6. The van der Waals surface area contributed by atoms with Gasteiger partial charge in [-0.2, -0.15) is 0 Å². The first-order chi connectivity index (χ1) is 16.2. The molecule has 6 nitrogen and oxygen atoms in total. The minimum absolute atomic E-state index is 0.0858. The van der Waals surface area contributed by atoms with E-state index in [9.17, 15) is 0 Å². The van der Waals surface area contributed by atoms with Crippen molar-refractivity contribution in [3.05, 3.63) is 77.7 Å². The van der Waals surface area contributed by atoms with Crippen LogP contribution in [0.15, 0.2) is 72.0 Å². The second-order valence-electron chi connectivity index (χ2n) is 8.13. The van der Waals surface area contributed by atoms with Gasteiger partial charge in [0.15, 0.2) is 0 Å². The number of piperazine rings is 1. The van der Waals surface area contributed by atoms with E-state index in [-0.39, 0.29) is 6.04 Å². The van der Waals surface area contributed by atoms with Crippen LogP contribution < -0.4 is 5.32 Å². The van der Waals surface area contributed by atoms with Gasteiger partial charge in [-0.1, -0.05) is 23.7 Å². The molecule has 1 atom stereocenters. The number of allylic oxidation sites excluding steroid dienone is 1. The summed E-state index contributed by atoms with van der Waals surface area (Å²) in [4.78, 5) is 18.6. The first-order valence-electron chi connectivity index (χ1n) is 11.4. The molecule has 172 valence electrons. The summed E-state index contributed by atoms with van der Waals surface area (Å²) in [5.41, 5.74) is 4.11. The number of nitrogens with zero attached hydrogens (tertiary/aromatic N) is 5. The van der Waals surface area contributed by atoms with E-state index in [1.165, 1.54) is 0 Å². The van der Waals surface area contributed by atoms with E-state index in [0.717, 1.165) is 67.3 Å². The average molecular weight is 463 g/mol. The van der Waals surface area contributed by atoms with Crippen molar-refractivity contribution in [1.29, 1.82) is 0 Å². The number of aromatic nitrogens is 2. The number of pyridine rings is 2. The monoisotopic (exact) mass is 462 g/mol. The van der Waals surface area contributed by atoms with Crippen molar-refractivity contribution in [2.45, 2.75) is 13.0 Å². The van der Waals surface area contributed by atoms with E-state index in [4.69, 9.17) is 11.6 Å². The minimum atomic E-state index is 0.0858. The van der Waals surface area contributed by atoms with Crippen LogP contribution in [0.5, 0.6) is 0 Å². The Bertz CT molecular complexity index is 1110. The molecule has 0 amide bonds. The minimum Gasteiger partial charge on any atom is -0.383 e. The van der Waals surface area contributed by atoms with Crippen LogP contribution in [-0.4, -0.2) is 71.8 Å². The Morgan fingerprint density at radius 2 is 1.97 bits per heavy atom. The van der Waals surface area contributed by atoms with Gasteiger partial charge in [0, 0.05) is 74.8 Å². The predicted octanol–water partition coefficient (Wildman–Crippen LogP) is 4.70. The summed E-state index contributed by atoms with van der Waals surface area (Å²) in [6.45, 7) is 7.90. The molecule has 0 aliphatic carbocycles. The summed E-state index contributed by atoms with van der Waals surface area (Å²) in [7, 11) is 1.87. The Labute approximate surface area is 201 Å². The lowest BCUT2D eigenvalue weighted by Crippen LogP contribution is -2.50. The maximum absolute atomic E-state index is 6.11. The molecule has 1 N–H and O–H groups in total. The van der Waals surface area contributed by atoms with Crippen molar-refractivity contribution in [3.63, 3.8) is 0 Å². The molecule has 1 saturated heterocycles. The molecule has 0 bridgehead atoms. The second-order valence-corrected chi connectivity index (χ2v) is 8.57. The summed E-state index contributed by atoms with van der Waals surface area (Å²) >= 11 is 6.11. The lowest BCUT2D eigenvalue weighted by atomic mass is 10.0. The van der Waals surface area contributed by atoms with E-state index in [1.54, 1.807) is 0 Å². The molecule has 1 unspecified atom stereocenters. The van der Waals surface area contributed by atoms with Crippen molar-refractivity contribution in [3.8, 4) is 0 Å². The second kappa shape index (κ2) is 11.4. The van der Waals surface area contributed by atoms with Gasteiger partial charge in [0.2, 0.25) is 0 Å². The number of fused-ring (bicyclic) bond motifs is 1. The van der Waals surface area contributed by atoms with E-state index >= 15 is 0 Å². The van der Waals surface area contributed by atoms with Gasteiger partial charge in [-0.15, -0.1) is 0 Å². The Kier molecular flexibility index (Phi) is 8.05. The molecule has 2 aromatic heterocycles. The predicted molar refractivity (Wildman–Crippen MR) is 138 cm³/mol. The van der Waals surface area contributed by atoms with Crippen molar-refractivity contribution in [2.24, 2.45) is 4.99 Å². The first kappa shape index (κ1) is 23.4. The molecule has 3 heterocycles. The molecule has 1 aromatic carbocycles. The molecular weight excluding hydrogens is 432 g/mol. The van der Waals surface area contributed by atoms with Crippen LogP contribution >= 0.6 is 11.6 Å². The molecule has 1 fully saturated rings. The number of aliphatic imine (C=N–C) groups is 1. The Morgan fingerprint density at radius 1 is 1.12 bits per heavy atom. The van der Waals surface area contributed by atoms with Crippen LogP contribution in [0.25, 0.3) is 10.9 Å². The van der Waals surface area contributed by atoms with Gasteiger partial charge in [0.25, 0.3) is 0 Å². The lowest BCUT2D eigenvalue weighted by Gasteiger charge is -2.39. The third kappa shape index (κ3) is 5.77. The molecule has 1 aliphatic rings. The number of benzene rings is 1. The van der Waals surface area contributed by atoms with Gasteiger partial charge in [0.05, 0.1) is 23.0 Å². The van der Waals surface area contributed by atoms with Crippen LogP contribution in [0.3, 0.4) is 0 Å². The summed E-state index contributed by atoms with van der Waals surface area (Å²) < 4.78 is 0. The molecule has 4 rings (SSSR count). The molecular formula is C26H31ClN6. The maximum atomic E-state index is 6.11. The summed E-state index contributed by atoms with van der Waals surface area (Å²) in [5.74, 6) is 0. The molecule has 7 heteroatoms. The van der Waals surface area contributed by atoms with Gasteiger partial charge in [-0.3, -0.25) is 24.8 Å². The summed E-state index contributed by atoms with van der Waals surface area (Å²) in [6.07, 6.45) is 7.85. The van der Waals surface area contributed by atoms with Crippen LogP contribution in [0.2, 0.25) is 5.02 Å².